The molecule has 0 spiro atoms. The van der Waals surface area contributed by atoms with Crippen LogP contribution in [0.5, 0.6) is 0 Å². The van der Waals surface area contributed by atoms with Crippen molar-refractivity contribution in [3.8, 4) is 11.8 Å². The predicted octanol–water partition coefficient (Wildman–Crippen LogP) is 4.00. The van der Waals surface area contributed by atoms with Crippen LogP contribution in [0.1, 0.15) is 42.7 Å². The van der Waals surface area contributed by atoms with Crippen LogP contribution in [-0.2, 0) is 12.8 Å². The Kier molecular flexibility index (Phi) is 4.75. The van der Waals surface area contributed by atoms with Gasteiger partial charge in [0, 0.05) is 11.8 Å². The first-order chi connectivity index (χ1) is 9.31. The van der Waals surface area contributed by atoms with E-state index < -0.39 is 0 Å². The normalized spacial score (nSPS) is 9.79. The van der Waals surface area contributed by atoms with Crippen LogP contribution in [0.4, 0.5) is 0 Å². The second-order valence-electron chi connectivity index (χ2n) is 4.60. The van der Waals surface area contributed by atoms with Crippen molar-refractivity contribution in [3.05, 3.63) is 65.0 Å². The van der Waals surface area contributed by atoms with E-state index in [1.807, 2.05) is 12.3 Å². The van der Waals surface area contributed by atoms with Gasteiger partial charge in [-0.15, -0.1) is 0 Å². The molecule has 0 atom stereocenters. The summed E-state index contributed by atoms with van der Waals surface area (Å²) in [4.78, 5) is 4.37. The van der Waals surface area contributed by atoms with Crippen LogP contribution in [0.3, 0.4) is 0 Å². The molecule has 1 heterocycles. The summed E-state index contributed by atoms with van der Waals surface area (Å²) in [6, 6.07) is 12.5. The van der Waals surface area contributed by atoms with Crippen LogP contribution in [0, 0.1) is 11.8 Å². The van der Waals surface area contributed by atoms with Crippen LogP contribution >= 0.6 is 0 Å². The zero-order chi connectivity index (χ0) is 13.5. The maximum absolute atomic E-state index is 4.37. The van der Waals surface area contributed by atoms with Crippen LogP contribution in [0.2, 0.25) is 0 Å². The highest BCUT2D eigenvalue weighted by atomic mass is 14.7. The molecule has 1 aromatic heterocycles. The van der Waals surface area contributed by atoms with Crippen LogP contribution in [0.15, 0.2) is 42.6 Å². The molecule has 0 N–H and O–H groups in total. The maximum atomic E-state index is 4.37. The highest BCUT2D eigenvalue weighted by Crippen LogP contribution is 2.05. The zero-order valence-electron chi connectivity index (χ0n) is 11.6. The Hall–Kier alpha value is -2.07. The smallest absolute Gasteiger partial charge is 0.113 e. The van der Waals surface area contributed by atoms with Gasteiger partial charge in [-0.3, -0.25) is 0 Å². The molecule has 1 heteroatoms. The van der Waals surface area contributed by atoms with Crippen molar-refractivity contribution < 1.29 is 0 Å². The first-order valence-electron chi connectivity index (χ1n) is 6.87. The molecule has 0 aliphatic heterocycles. The second kappa shape index (κ2) is 6.75. The molecule has 0 fully saturated rings. The number of nitrogens with zero attached hydrogens (tertiary/aromatic N) is 1. The summed E-state index contributed by atoms with van der Waals surface area (Å²) in [5, 5.41) is 0. The molecule has 0 radical (unpaired) electrons. The van der Waals surface area contributed by atoms with E-state index >= 15 is 0 Å². The molecule has 0 bridgehead atoms. The first kappa shape index (κ1) is 13.4. The Labute approximate surface area is 115 Å². The van der Waals surface area contributed by atoms with Crippen molar-refractivity contribution in [1.82, 2.24) is 4.98 Å². The fourth-order valence-electron chi connectivity index (χ4n) is 1.89. The molecule has 2 aromatic rings. The summed E-state index contributed by atoms with van der Waals surface area (Å²) < 4.78 is 0. The molecule has 0 aliphatic carbocycles. The molecule has 0 amide bonds. The van der Waals surface area contributed by atoms with Gasteiger partial charge in [-0.2, -0.15) is 0 Å². The third-order valence-corrected chi connectivity index (χ3v) is 3.06. The molecule has 0 unspecified atom stereocenters. The highest BCUT2D eigenvalue weighted by molar-refractivity contribution is 5.41. The maximum Gasteiger partial charge on any atom is 0.113 e. The minimum absolute atomic E-state index is 0.833. The van der Waals surface area contributed by atoms with Gasteiger partial charge in [0.2, 0.25) is 0 Å². The van der Waals surface area contributed by atoms with Crippen LogP contribution in [0.25, 0.3) is 0 Å². The van der Waals surface area contributed by atoms with E-state index in [0.717, 1.165) is 30.5 Å². The Bertz CT molecular complexity index is 568. The summed E-state index contributed by atoms with van der Waals surface area (Å²) in [5.74, 6) is 6.26. The Morgan fingerprint density at radius 3 is 2.21 bits per heavy atom. The molecule has 1 nitrogen and oxygen atoms in total. The van der Waals surface area contributed by atoms with Gasteiger partial charge in [0.15, 0.2) is 0 Å². The van der Waals surface area contributed by atoms with E-state index in [4.69, 9.17) is 0 Å². The van der Waals surface area contributed by atoms with Crippen molar-refractivity contribution in [2.75, 3.05) is 0 Å². The standard InChI is InChI=1S/C18H19N/c1-3-5-17-11-13-18(19-14-17)12-10-16-8-6-15(4-2)7-9-16/h6-9,11,13-14H,3-5H2,1-2H3. The third-order valence-electron chi connectivity index (χ3n) is 3.06. The lowest BCUT2D eigenvalue weighted by atomic mass is 10.1. The van der Waals surface area contributed by atoms with Gasteiger partial charge in [-0.1, -0.05) is 44.4 Å². The summed E-state index contributed by atoms with van der Waals surface area (Å²) in [6.07, 6.45) is 5.22. The van der Waals surface area contributed by atoms with E-state index in [9.17, 15) is 0 Å². The average Bonchev–Trinajstić information content (AvgIpc) is 2.47. The Balaban J connectivity index is 2.09. The number of rotatable bonds is 3. The van der Waals surface area contributed by atoms with Crippen LogP contribution < -0.4 is 0 Å². The fraction of sp³-hybridized carbons (Fsp3) is 0.278. The first-order valence-corrected chi connectivity index (χ1v) is 6.87. The lowest BCUT2D eigenvalue weighted by Crippen LogP contribution is -1.87. The van der Waals surface area contributed by atoms with Gasteiger partial charge in [-0.05, 0) is 48.1 Å². The van der Waals surface area contributed by atoms with Crippen molar-refractivity contribution in [1.29, 1.82) is 0 Å². The van der Waals surface area contributed by atoms with Crippen molar-refractivity contribution in [2.45, 2.75) is 33.1 Å². The quantitative estimate of drug-likeness (QED) is 0.749. The highest BCUT2D eigenvalue weighted by Gasteiger charge is 1.93. The van der Waals surface area contributed by atoms with Gasteiger partial charge in [0.1, 0.15) is 5.69 Å². The molecule has 0 aliphatic rings. The minimum Gasteiger partial charge on any atom is -0.248 e. The number of pyridine rings is 1. The van der Waals surface area contributed by atoms with Gasteiger partial charge in [0.25, 0.3) is 0 Å². The zero-order valence-corrected chi connectivity index (χ0v) is 11.6. The van der Waals surface area contributed by atoms with Crippen molar-refractivity contribution in [2.24, 2.45) is 0 Å². The summed E-state index contributed by atoms with van der Waals surface area (Å²) in [7, 11) is 0. The molecule has 1 aromatic carbocycles. The largest absolute Gasteiger partial charge is 0.248 e. The third kappa shape index (κ3) is 3.96. The van der Waals surface area contributed by atoms with E-state index in [2.05, 4.69) is 61.0 Å². The molecular formula is C18H19N. The van der Waals surface area contributed by atoms with Gasteiger partial charge < -0.3 is 0 Å². The fourth-order valence-corrected chi connectivity index (χ4v) is 1.89. The second-order valence-corrected chi connectivity index (χ2v) is 4.60. The van der Waals surface area contributed by atoms with Crippen LogP contribution in [-0.4, -0.2) is 4.98 Å². The minimum atomic E-state index is 0.833. The topological polar surface area (TPSA) is 12.9 Å². The van der Waals surface area contributed by atoms with Crippen molar-refractivity contribution in [3.63, 3.8) is 0 Å². The Morgan fingerprint density at radius 2 is 1.63 bits per heavy atom. The van der Waals surface area contributed by atoms with E-state index in [1.54, 1.807) is 0 Å². The molecule has 0 saturated heterocycles. The predicted molar refractivity (Wildman–Crippen MR) is 80.0 cm³/mol. The molecular weight excluding hydrogens is 230 g/mol. The lowest BCUT2D eigenvalue weighted by molar-refractivity contribution is 0.913. The lowest BCUT2D eigenvalue weighted by Gasteiger charge is -1.97. The number of benzene rings is 1. The molecule has 2 rings (SSSR count). The van der Waals surface area contributed by atoms with Gasteiger partial charge in [0.05, 0.1) is 0 Å². The number of aryl methyl sites for hydroxylation is 2. The number of hydrogen-bond acceptors (Lipinski definition) is 1. The van der Waals surface area contributed by atoms with E-state index in [0.29, 0.717) is 0 Å². The molecule has 0 saturated carbocycles. The summed E-state index contributed by atoms with van der Waals surface area (Å²) in [5.41, 5.74) is 4.49. The summed E-state index contributed by atoms with van der Waals surface area (Å²) in [6.45, 7) is 4.33. The summed E-state index contributed by atoms with van der Waals surface area (Å²) >= 11 is 0. The van der Waals surface area contributed by atoms with E-state index in [-0.39, 0.29) is 0 Å². The average molecular weight is 249 g/mol. The number of hydrogen-bond donors (Lipinski definition) is 0. The van der Waals surface area contributed by atoms with E-state index in [1.165, 1.54) is 11.1 Å². The van der Waals surface area contributed by atoms with Gasteiger partial charge in [-0.25, -0.2) is 4.98 Å². The number of aromatic nitrogens is 1. The SMILES string of the molecule is CCCc1ccc(C#Cc2ccc(CC)cc2)nc1. The molecule has 96 valence electrons. The van der Waals surface area contributed by atoms with Crippen molar-refractivity contribution >= 4 is 0 Å². The van der Waals surface area contributed by atoms with Gasteiger partial charge >= 0.3 is 0 Å². The Morgan fingerprint density at radius 1 is 0.895 bits per heavy atom. The molecule has 19 heavy (non-hydrogen) atoms. The monoisotopic (exact) mass is 249 g/mol.